The van der Waals surface area contributed by atoms with Gasteiger partial charge in [0.25, 0.3) is 0 Å². The van der Waals surface area contributed by atoms with Gasteiger partial charge in [0.1, 0.15) is 4.75 Å². The van der Waals surface area contributed by atoms with Crippen LogP contribution in [0.1, 0.15) is 97.8 Å². The molecule has 2 saturated carbocycles. The first-order valence-corrected chi connectivity index (χ1v) is 15.2. The second-order valence-corrected chi connectivity index (χ2v) is 13.9. The zero-order valence-corrected chi connectivity index (χ0v) is 23.4. The van der Waals surface area contributed by atoms with Crippen LogP contribution in [0.2, 0.25) is 0 Å². The average Bonchev–Trinajstić information content (AvgIpc) is 3.27. The van der Waals surface area contributed by atoms with Gasteiger partial charge >= 0.3 is 5.97 Å². The van der Waals surface area contributed by atoms with Crippen LogP contribution in [0.25, 0.3) is 0 Å². The fourth-order valence-electron chi connectivity index (χ4n) is 5.67. The van der Waals surface area contributed by atoms with E-state index in [2.05, 4.69) is 17.2 Å². The molecule has 1 unspecified atom stereocenters. The Hall–Kier alpha value is -1.12. The SMILES string of the molecule is CCOCC1CCC(C(CCC(=O)Nc2ncc(SC(C)(C)C(=O)O)s2)CC2CCCCC2)CC1. The van der Waals surface area contributed by atoms with Gasteiger partial charge in [0.15, 0.2) is 5.13 Å². The highest BCUT2D eigenvalue weighted by atomic mass is 32.2. The lowest BCUT2D eigenvalue weighted by Gasteiger charge is -2.36. The standard InChI is InChI=1S/C27H44N2O4S2/c1-4-33-18-20-10-12-21(13-11-20)22(16-19-8-6-5-7-9-19)14-15-23(30)29-26-28-17-24(34-26)35-27(2,3)25(31)32/h17,19-22H,4-16,18H2,1-3H3,(H,31,32)(H,28,29,30). The molecule has 1 aromatic rings. The Morgan fingerprint density at radius 1 is 1.17 bits per heavy atom. The van der Waals surface area contributed by atoms with Crippen LogP contribution in [0.4, 0.5) is 5.13 Å². The number of carbonyl (C=O) groups is 2. The second kappa shape index (κ2) is 14.0. The van der Waals surface area contributed by atoms with Crippen molar-refractivity contribution in [2.75, 3.05) is 18.5 Å². The summed E-state index contributed by atoms with van der Waals surface area (Å²) in [5.74, 6) is 2.03. The van der Waals surface area contributed by atoms with Gasteiger partial charge in [-0.2, -0.15) is 0 Å². The quantitative estimate of drug-likeness (QED) is 0.264. The third-order valence-corrected chi connectivity index (χ3v) is 10.0. The van der Waals surface area contributed by atoms with Crippen LogP contribution in [0, 0.1) is 23.7 Å². The van der Waals surface area contributed by atoms with E-state index >= 15 is 0 Å². The van der Waals surface area contributed by atoms with E-state index in [9.17, 15) is 14.7 Å². The summed E-state index contributed by atoms with van der Waals surface area (Å²) in [5.41, 5.74) is 0. The third-order valence-electron chi connectivity index (χ3n) is 7.82. The van der Waals surface area contributed by atoms with Crippen LogP contribution < -0.4 is 5.32 Å². The van der Waals surface area contributed by atoms with Crippen LogP contribution in [0.3, 0.4) is 0 Å². The van der Waals surface area contributed by atoms with Crippen molar-refractivity contribution >= 4 is 40.1 Å². The van der Waals surface area contributed by atoms with Crippen molar-refractivity contribution in [2.24, 2.45) is 23.7 Å². The van der Waals surface area contributed by atoms with Gasteiger partial charge in [0.2, 0.25) is 5.91 Å². The fraction of sp³-hybridized carbons (Fsp3) is 0.815. The molecule has 2 N–H and O–H groups in total. The van der Waals surface area contributed by atoms with E-state index in [0.29, 0.717) is 23.4 Å². The van der Waals surface area contributed by atoms with Gasteiger partial charge in [-0.05, 0) is 83.0 Å². The minimum absolute atomic E-state index is 0.0204. The zero-order chi connectivity index (χ0) is 25.3. The smallest absolute Gasteiger partial charge is 0.319 e. The number of hydrogen-bond acceptors (Lipinski definition) is 6. The van der Waals surface area contributed by atoms with Crippen molar-refractivity contribution in [3.05, 3.63) is 6.20 Å². The minimum Gasteiger partial charge on any atom is -0.480 e. The number of ether oxygens (including phenoxy) is 1. The predicted molar refractivity (Wildman–Crippen MR) is 144 cm³/mol. The average molecular weight is 525 g/mol. The Balaban J connectivity index is 1.51. The first-order chi connectivity index (χ1) is 16.8. The lowest BCUT2D eigenvalue weighted by atomic mass is 9.70. The molecule has 0 spiro atoms. The monoisotopic (exact) mass is 524 g/mol. The molecule has 1 aromatic heterocycles. The van der Waals surface area contributed by atoms with E-state index in [0.717, 1.165) is 35.7 Å². The van der Waals surface area contributed by atoms with Crippen LogP contribution in [-0.2, 0) is 14.3 Å². The third kappa shape index (κ3) is 9.36. The number of carboxylic acid groups (broad SMARTS) is 1. The molecule has 3 rings (SSSR count). The lowest BCUT2D eigenvalue weighted by Crippen LogP contribution is -2.27. The summed E-state index contributed by atoms with van der Waals surface area (Å²) in [6.45, 7) is 7.12. The van der Waals surface area contributed by atoms with E-state index in [1.807, 2.05) is 0 Å². The number of carbonyl (C=O) groups excluding carboxylic acids is 1. The van der Waals surface area contributed by atoms with E-state index < -0.39 is 10.7 Å². The number of hydrogen-bond donors (Lipinski definition) is 2. The molecule has 1 atom stereocenters. The maximum atomic E-state index is 12.8. The Labute approximate surface area is 219 Å². The van der Waals surface area contributed by atoms with Crippen molar-refractivity contribution in [1.29, 1.82) is 0 Å². The number of nitrogens with zero attached hydrogens (tertiary/aromatic N) is 1. The number of amides is 1. The highest BCUT2D eigenvalue weighted by Gasteiger charge is 2.31. The Morgan fingerprint density at radius 3 is 2.54 bits per heavy atom. The number of thioether (sulfide) groups is 1. The first kappa shape index (κ1) is 28.5. The largest absolute Gasteiger partial charge is 0.480 e. The molecular formula is C27H44N2O4S2. The molecule has 0 aromatic carbocycles. The van der Waals surface area contributed by atoms with Crippen molar-refractivity contribution in [2.45, 2.75) is 107 Å². The van der Waals surface area contributed by atoms with E-state index in [-0.39, 0.29) is 5.91 Å². The fourth-order valence-corrected chi connectivity index (χ4v) is 7.96. The van der Waals surface area contributed by atoms with Crippen molar-refractivity contribution in [1.82, 2.24) is 4.98 Å². The van der Waals surface area contributed by atoms with Gasteiger partial charge in [-0.3, -0.25) is 9.59 Å². The normalized spacial score (nSPS) is 22.6. The van der Waals surface area contributed by atoms with Gasteiger partial charge in [0, 0.05) is 19.6 Å². The van der Waals surface area contributed by atoms with Crippen molar-refractivity contribution in [3.63, 3.8) is 0 Å². The van der Waals surface area contributed by atoms with Crippen LogP contribution in [0.15, 0.2) is 10.4 Å². The summed E-state index contributed by atoms with van der Waals surface area (Å²) in [6, 6.07) is 0. The number of carboxylic acids is 1. The number of rotatable bonds is 13. The van der Waals surface area contributed by atoms with Gasteiger partial charge < -0.3 is 15.2 Å². The summed E-state index contributed by atoms with van der Waals surface area (Å²) in [6.07, 6.45) is 16.3. The molecule has 35 heavy (non-hydrogen) atoms. The Bertz CT molecular complexity index is 799. The van der Waals surface area contributed by atoms with Crippen LogP contribution >= 0.6 is 23.1 Å². The minimum atomic E-state index is -0.929. The van der Waals surface area contributed by atoms with Gasteiger partial charge in [-0.25, -0.2) is 4.98 Å². The molecule has 0 aliphatic heterocycles. The van der Waals surface area contributed by atoms with Gasteiger partial charge in [-0.1, -0.05) is 55.2 Å². The molecule has 0 saturated heterocycles. The molecule has 2 aliphatic carbocycles. The van der Waals surface area contributed by atoms with Crippen LogP contribution in [0.5, 0.6) is 0 Å². The molecule has 1 heterocycles. The van der Waals surface area contributed by atoms with Crippen LogP contribution in [-0.4, -0.2) is 39.9 Å². The summed E-state index contributed by atoms with van der Waals surface area (Å²) < 4.78 is 5.55. The van der Waals surface area contributed by atoms with E-state index in [1.165, 1.54) is 87.3 Å². The van der Waals surface area contributed by atoms with Crippen molar-refractivity contribution in [3.8, 4) is 0 Å². The summed E-state index contributed by atoms with van der Waals surface area (Å²) >= 11 is 2.61. The van der Waals surface area contributed by atoms with Gasteiger partial charge in [-0.15, -0.1) is 0 Å². The summed E-state index contributed by atoms with van der Waals surface area (Å²) in [4.78, 5) is 28.5. The molecule has 2 fully saturated rings. The number of aliphatic carboxylic acids is 1. The van der Waals surface area contributed by atoms with Crippen molar-refractivity contribution < 1.29 is 19.4 Å². The Kier molecular flexibility index (Phi) is 11.4. The molecule has 1 amide bonds. The highest BCUT2D eigenvalue weighted by molar-refractivity contribution is 8.03. The number of anilines is 1. The molecule has 0 radical (unpaired) electrons. The molecule has 8 heteroatoms. The number of thiazole rings is 1. The number of aromatic nitrogens is 1. The molecule has 0 bridgehead atoms. The maximum Gasteiger partial charge on any atom is 0.319 e. The topological polar surface area (TPSA) is 88.5 Å². The first-order valence-electron chi connectivity index (χ1n) is 13.5. The highest BCUT2D eigenvalue weighted by Crippen LogP contribution is 2.41. The van der Waals surface area contributed by atoms with E-state index in [4.69, 9.17) is 4.74 Å². The lowest BCUT2D eigenvalue weighted by molar-refractivity contribution is -0.138. The number of nitrogens with one attached hydrogen (secondary N) is 1. The Morgan fingerprint density at radius 2 is 1.89 bits per heavy atom. The molecule has 2 aliphatic rings. The van der Waals surface area contributed by atoms with E-state index in [1.54, 1.807) is 20.0 Å². The predicted octanol–water partition coefficient (Wildman–Crippen LogP) is 7.25. The molecule has 198 valence electrons. The molecular weight excluding hydrogens is 480 g/mol. The second-order valence-electron chi connectivity index (χ2n) is 10.9. The summed E-state index contributed by atoms with van der Waals surface area (Å²) in [5, 5.41) is 12.9. The maximum absolute atomic E-state index is 12.8. The molecule has 6 nitrogen and oxygen atoms in total. The summed E-state index contributed by atoms with van der Waals surface area (Å²) in [7, 11) is 0. The zero-order valence-electron chi connectivity index (χ0n) is 21.7. The van der Waals surface area contributed by atoms with Gasteiger partial charge in [0.05, 0.1) is 10.4 Å².